The number of aromatic nitrogens is 5. The molecule has 0 saturated carbocycles. The van der Waals surface area contributed by atoms with Crippen molar-refractivity contribution in [3.05, 3.63) is 81.9 Å². The van der Waals surface area contributed by atoms with Gasteiger partial charge in [-0.25, -0.2) is 18.4 Å². The number of imidazole rings is 1. The Balaban J connectivity index is 0.739. The second-order valence-corrected chi connectivity index (χ2v) is 21.1. The van der Waals surface area contributed by atoms with Gasteiger partial charge in [-0.15, -0.1) is 6.42 Å². The molecule has 11 rings (SSSR count). The lowest BCUT2D eigenvalue weighted by atomic mass is 9.94. The summed E-state index contributed by atoms with van der Waals surface area (Å²) in [5, 5.41) is 25.1. The first-order valence-electron chi connectivity index (χ1n) is 25.7. The molecule has 5 aliphatic heterocycles. The minimum Gasteiger partial charge on any atom is -0.508 e. The fraction of sp³-hybridized carbons (Fsp3) is 0.446. The Labute approximate surface area is 430 Å². The maximum absolute atomic E-state index is 17.2. The van der Waals surface area contributed by atoms with Gasteiger partial charge in [-0.3, -0.25) is 33.9 Å². The number of rotatable bonds is 9. The molecule has 388 valence electrons. The van der Waals surface area contributed by atoms with Gasteiger partial charge in [-0.05, 0) is 119 Å². The minimum absolute atomic E-state index is 0.0323. The number of benzene rings is 3. The summed E-state index contributed by atoms with van der Waals surface area (Å²) in [7, 11) is 1.65. The van der Waals surface area contributed by atoms with E-state index in [-0.39, 0.29) is 95.8 Å². The van der Waals surface area contributed by atoms with E-state index >= 15 is 8.78 Å². The summed E-state index contributed by atoms with van der Waals surface area (Å²) in [6.07, 6.45) is 14.0. The zero-order valence-corrected chi connectivity index (χ0v) is 41.8. The number of fused-ring (bicyclic) bond motifs is 4. The molecule has 19 heteroatoms. The predicted octanol–water partition coefficient (Wildman–Crippen LogP) is 6.46. The molecule has 1 unspecified atom stereocenters. The molecule has 0 spiro atoms. The van der Waals surface area contributed by atoms with Crippen LogP contribution < -0.4 is 20.6 Å². The number of β-amino-alcohol motifs (C(OH)–C–C–N with tert-alkyl or cyclic N) is 1. The van der Waals surface area contributed by atoms with Crippen molar-refractivity contribution in [1.82, 2.24) is 39.2 Å². The number of aliphatic hydroxyl groups is 1. The number of carbonyl (C=O) groups excluding carboxylic acids is 3. The third kappa shape index (κ3) is 9.26. The van der Waals surface area contributed by atoms with Crippen molar-refractivity contribution < 1.29 is 42.9 Å². The topological polar surface area (TPSA) is 197 Å². The van der Waals surface area contributed by atoms with Gasteiger partial charge in [-0.1, -0.05) is 23.8 Å². The van der Waals surface area contributed by atoms with Crippen LogP contribution in [0.3, 0.4) is 0 Å². The zero-order valence-electron chi connectivity index (χ0n) is 41.8. The van der Waals surface area contributed by atoms with E-state index in [9.17, 15) is 29.4 Å². The molecule has 5 fully saturated rings. The van der Waals surface area contributed by atoms with Gasteiger partial charge in [0, 0.05) is 74.8 Å². The molecular weight excluding hydrogens is 965 g/mol. The van der Waals surface area contributed by atoms with Crippen LogP contribution >= 0.6 is 0 Å². The highest BCUT2D eigenvalue weighted by Crippen LogP contribution is 2.44. The number of phenolic OH excluding ortho intramolecular Hbond substituents is 1. The summed E-state index contributed by atoms with van der Waals surface area (Å²) in [5.41, 5.74) is -0.0590. The molecule has 8 heterocycles. The molecule has 5 saturated heterocycles. The van der Waals surface area contributed by atoms with Crippen molar-refractivity contribution in [2.45, 2.75) is 101 Å². The summed E-state index contributed by atoms with van der Waals surface area (Å²) >= 11 is 0. The van der Waals surface area contributed by atoms with Gasteiger partial charge >= 0.3 is 17.8 Å². The summed E-state index contributed by atoms with van der Waals surface area (Å²) in [4.78, 5) is 71.0. The molecule has 0 radical (unpaired) electrons. The number of phenols is 1. The number of imide groups is 1. The monoisotopic (exact) mass is 1020 g/mol. The maximum Gasteiger partial charge on any atom is 0.409 e. The minimum atomic E-state index is -1.03. The first-order chi connectivity index (χ1) is 36.1. The number of nitrogens with zero attached hydrogens (tertiary/aromatic N) is 8. The van der Waals surface area contributed by atoms with E-state index in [0.29, 0.717) is 72.4 Å². The second kappa shape index (κ2) is 19.6. The van der Waals surface area contributed by atoms with Crippen LogP contribution in [0.25, 0.3) is 44.0 Å². The van der Waals surface area contributed by atoms with Crippen LogP contribution in [0.15, 0.2) is 53.5 Å². The van der Waals surface area contributed by atoms with E-state index < -0.39 is 34.7 Å². The van der Waals surface area contributed by atoms with E-state index in [1.807, 2.05) is 17.0 Å². The number of aryl methyl sites for hydroxylation is 1. The predicted molar refractivity (Wildman–Crippen MR) is 275 cm³/mol. The largest absolute Gasteiger partial charge is 0.508 e. The van der Waals surface area contributed by atoms with Crippen LogP contribution in [0.1, 0.15) is 94.7 Å². The van der Waals surface area contributed by atoms with E-state index in [2.05, 4.69) is 37.9 Å². The molecule has 17 nitrogen and oxygen atoms in total. The number of likely N-dealkylation sites (tertiary alicyclic amines) is 1. The molecule has 0 bridgehead atoms. The van der Waals surface area contributed by atoms with Crippen LogP contribution in [0.2, 0.25) is 0 Å². The van der Waals surface area contributed by atoms with Gasteiger partial charge in [0.1, 0.15) is 47.9 Å². The number of anilines is 1. The highest BCUT2D eigenvalue weighted by atomic mass is 19.1. The Bertz CT molecular complexity index is 3500. The van der Waals surface area contributed by atoms with Gasteiger partial charge in [0.2, 0.25) is 11.8 Å². The van der Waals surface area contributed by atoms with E-state index in [0.717, 1.165) is 50.6 Å². The lowest BCUT2D eigenvalue weighted by Crippen LogP contribution is -2.48. The molecule has 3 aromatic heterocycles. The molecule has 3 amide bonds. The number of aromatic hydroxyl groups is 1. The van der Waals surface area contributed by atoms with Crippen LogP contribution in [0.4, 0.5) is 19.4 Å². The van der Waals surface area contributed by atoms with Crippen molar-refractivity contribution in [1.29, 1.82) is 0 Å². The maximum atomic E-state index is 17.2. The fourth-order valence-corrected chi connectivity index (χ4v) is 12.2. The number of amides is 3. The first kappa shape index (κ1) is 49.6. The van der Waals surface area contributed by atoms with Crippen molar-refractivity contribution in [3.8, 4) is 47.2 Å². The number of terminal acetylenes is 1. The third-order valence-corrected chi connectivity index (χ3v) is 16.1. The van der Waals surface area contributed by atoms with E-state index in [1.54, 1.807) is 24.9 Å². The van der Waals surface area contributed by atoms with Crippen molar-refractivity contribution in [2.75, 3.05) is 50.8 Å². The molecule has 6 aromatic rings. The molecule has 4 atom stereocenters. The molecule has 0 aliphatic carbocycles. The van der Waals surface area contributed by atoms with Crippen molar-refractivity contribution >= 4 is 56.4 Å². The number of ether oxygens (including phenoxy) is 2. The molecule has 3 aromatic carbocycles. The van der Waals surface area contributed by atoms with Crippen LogP contribution in [-0.4, -0.2) is 125 Å². The average Bonchev–Trinajstić information content (AvgIpc) is 4.05. The van der Waals surface area contributed by atoms with Crippen molar-refractivity contribution in [3.63, 3.8) is 0 Å². The number of hydrogen-bond acceptors (Lipinski definition) is 13. The number of pyridine rings is 1. The van der Waals surface area contributed by atoms with Gasteiger partial charge in [0.15, 0.2) is 5.82 Å². The highest BCUT2D eigenvalue weighted by molar-refractivity contribution is 6.03. The Morgan fingerprint density at radius 2 is 1.79 bits per heavy atom. The number of piperidine rings is 3. The van der Waals surface area contributed by atoms with E-state index in [4.69, 9.17) is 20.9 Å². The number of carbonyl (C=O) groups is 3. The summed E-state index contributed by atoms with van der Waals surface area (Å²) in [5.74, 6) is 7.03. The summed E-state index contributed by atoms with van der Waals surface area (Å²) < 4.78 is 47.7. The molecular formula is C56H57F2N9O8. The third-order valence-electron chi connectivity index (χ3n) is 16.1. The van der Waals surface area contributed by atoms with Crippen LogP contribution in [0.5, 0.6) is 11.8 Å². The zero-order chi connectivity index (χ0) is 52.3. The Morgan fingerprint density at radius 3 is 2.57 bits per heavy atom. The summed E-state index contributed by atoms with van der Waals surface area (Å²) in [6.45, 7) is 4.83. The molecule has 75 heavy (non-hydrogen) atoms. The average molecular weight is 1020 g/mol. The first-order valence-corrected chi connectivity index (χ1v) is 25.7. The number of nitrogens with one attached hydrogen (secondary N) is 1. The normalized spacial score (nSPS) is 23.3. The SMILES string of the molecule is C#Cc1c(F)ccc2cc(O)cc(-c3ncc4c(N5CCC[C@@](C)(O)C5)nc(OC[C@@]56CCCN5[C@H](COC(=O)N5CCC(CC#Cc7ccc8c(c7)n(C)c(=O)n8C7CCC(=O)NC7=O)CC5)CC6)nc4c3F)c12. The second-order valence-electron chi connectivity index (χ2n) is 21.1. The van der Waals surface area contributed by atoms with Crippen molar-refractivity contribution in [2.24, 2.45) is 13.0 Å². The van der Waals surface area contributed by atoms with E-state index in [1.165, 1.54) is 39.6 Å². The van der Waals surface area contributed by atoms with Crippen LogP contribution in [-0.2, 0) is 21.4 Å². The molecule has 5 aliphatic rings. The Morgan fingerprint density at radius 1 is 0.973 bits per heavy atom. The number of hydrogen-bond donors (Lipinski definition) is 3. The van der Waals surface area contributed by atoms with Gasteiger partial charge in [0.05, 0.1) is 33.1 Å². The molecule has 3 N–H and O–H groups in total. The smallest absolute Gasteiger partial charge is 0.409 e. The van der Waals surface area contributed by atoms with Crippen LogP contribution in [0, 0.1) is 41.7 Å². The lowest BCUT2D eigenvalue weighted by molar-refractivity contribution is -0.135. The lowest BCUT2D eigenvalue weighted by Gasteiger charge is -2.38. The standard InChI is InChI=1S/C56H57F2N9O8/c1-4-38-41(57)12-11-35-27-37(68)28-39(46(35)38)48-47(58)49-40(29-59-48)50(65-22-6-19-55(2,73)31-65)62-52(61-49)75-32-56-20-7-23-66(56)36(16-21-56)30-74-54(72)64-24-17-33(18-25-64)8-5-9-34-10-13-42-44(26-34)63(3)53(71)67(42)43-14-15-45(69)60-51(43)70/h1,10-13,26-29,33,36,43,68,73H,6-8,14-25,30-32H2,2-3H3,(H,60,69,70)/t36-,43?,55+,56-/m0/s1. The Hall–Kier alpha value is -7.61. The highest BCUT2D eigenvalue weighted by Gasteiger charge is 2.50. The fourth-order valence-electron chi connectivity index (χ4n) is 12.2. The summed E-state index contributed by atoms with van der Waals surface area (Å²) in [6, 6.07) is 10.00. The van der Waals surface area contributed by atoms with Gasteiger partial charge < -0.3 is 29.5 Å². The Kier molecular flexibility index (Phi) is 13.0. The number of halogens is 2. The van der Waals surface area contributed by atoms with Gasteiger partial charge in [-0.2, -0.15) is 9.97 Å². The van der Waals surface area contributed by atoms with Gasteiger partial charge in [0.25, 0.3) is 0 Å². The quantitative estimate of drug-likeness (QED) is 0.106.